The average molecular weight is 389 g/mol. The molecule has 1 aliphatic heterocycles. The van der Waals surface area contributed by atoms with Crippen molar-refractivity contribution in [2.24, 2.45) is 0 Å². The van der Waals surface area contributed by atoms with E-state index in [1.54, 1.807) is 4.90 Å². The average Bonchev–Trinajstić information content (AvgIpc) is 3.41. The zero-order valence-corrected chi connectivity index (χ0v) is 17.5. The highest BCUT2D eigenvalue weighted by Gasteiger charge is 2.32. The minimum atomic E-state index is 0.719. The van der Waals surface area contributed by atoms with Gasteiger partial charge in [0, 0.05) is 0 Å². The molecule has 29 heavy (non-hydrogen) atoms. The molecular weight excluding hydrogens is 358 g/mol. The van der Waals surface area contributed by atoms with Crippen molar-refractivity contribution in [3.63, 3.8) is 0 Å². The highest BCUT2D eigenvalue weighted by molar-refractivity contribution is 5.86. The molecule has 0 amide bonds. The summed E-state index contributed by atoms with van der Waals surface area (Å²) in [5.41, 5.74) is 5.99. The molecule has 2 fully saturated rings. The molecule has 0 atom stereocenters. The van der Waals surface area contributed by atoms with E-state index in [-0.39, 0.29) is 0 Å². The summed E-state index contributed by atoms with van der Waals surface area (Å²) < 4.78 is 2.26. The normalized spacial score (nSPS) is 18.7. The molecule has 2 aromatic heterocycles. The predicted molar refractivity (Wildman–Crippen MR) is 117 cm³/mol. The Kier molecular flexibility index (Phi) is 4.67. The fraction of sp³-hybridized carbons (Fsp3) is 0.500. The minimum absolute atomic E-state index is 0.719. The van der Waals surface area contributed by atoms with Gasteiger partial charge in [-0.05, 0) is 62.3 Å². The van der Waals surface area contributed by atoms with E-state index in [0.29, 0.717) is 0 Å². The Bertz CT molecular complexity index is 1090. The van der Waals surface area contributed by atoms with Crippen LogP contribution in [0.15, 0.2) is 24.3 Å². The number of nitrogens with one attached hydrogen (secondary N) is 1. The van der Waals surface area contributed by atoms with Crippen LogP contribution in [0.2, 0.25) is 0 Å². The Labute approximate surface area is 172 Å². The second kappa shape index (κ2) is 7.35. The van der Waals surface area contributed by atoms with Crippen LogP contribution in [0.4, 0.5) is 5.82 Å². The molecule has 1 saturated heterocycles. The molecule has 0 bridgehead atoms. The second-order valence-electron chi connectivity index (χ2n) is 8.65. The third-order valence-electron chi connectivity index (χ3n) is 7.20. The van der Waals surface area contributed by atoms with E-state index < -0.39 is 0 Å². The van der Waals surface area contributed by atoms with Crippen LogP contribution >= 0.6 is 0 Å². The summed E-state index contributed by atoms with van der Waals surface area (Å²) in [5, 5.41) is 9.90. The quantitative estimate of drug-likeness (QED) is 0.751. The van der Waals surface area contributed by atoms with Crippen LogP contribution in [0, 0.1) is 18.3 Å². The van der Waals surface area contributed by atoms with Gasteiger partial charge in [-0.25, -0.2) is 4.98 Å². The van der Waals surface area contributed by atoms with Crippen molar-refractivity contribution in [1.82, 2.24) is 9.38 Å². The number of quaternary nitrogens is 1. The smallest absolute Gasteiger partial charge is 0.157 e. The lowest BCUT2D eigenvalue weighted by Crippen LogP contribution is -3.18. The lowest BCUT2D eigenvalue weighted by molar-refractivity contribution is -0.925. The number of imidazole rings is 1. The van der Waals surface area contributed by atoms with E-state index in [1.807, 2.05) is 6.07 Å². The third kappa shape index (κ3) is 2.89. The first-order chi connectivity index (χ1) is 14.2. The van der Waals surface area contributed by atoms with E-state index >= 15 is 0 Å². The van der Waals surface area contributed by atoms with Crippen LogP contribution in [-0.2, 0) is 6.42 Å². The molecule has 1 aromatic carbocycles. The molecule has 5 nitrogen and oxygen atoms in total. The van der Waals surface area contributed by atoms with Crippen LogP contribution in [-0.4, -0.2) is 41.6 Å². The number of pyridine rings is 1. The van der Waals surface area contributed by atoms with E-state index in [1.165, 1.54) is 50.2 Å². The highest BCUT2D eigenvalue weighted by atomic mass is 15.3. The van der Waals surface area contributed by atoms with Crippen LogP contribution in [0.1, 0.15) is 49.3 Å². The number of piperazine rings is 1. The monoisotopic (exact) mass is 388 g/mol. The Morgan fingerprint density at radius 1 is 1.17 bits per heavy atom. The van der Waals surface area contributed by atoms with Gasteiger partial charge in [0.05, 0.1) is 48.8 Å². The fourth-order valence-electron chi connectivity index (χ4n) is 5.67. The Morgan fingerprint density at radius 3 is 2.59 bits per heavy atom. The van der Waals surface area contributed by atoms with Crippen LogP contribution in [0.3, 0.4) is 0 Å². The number of nitrogens with zero attached hydrogens (tertiary/aromatic N) is 4. The van der Waals surface area contributed by atoms with E-state index in [2.05, 4.69) is 47.4 Å². The number of fused-ring (bicyclic) bond motifs is 3. The van der Waals surface area contributed by atoms with Crippen molar-refractivity contribution in [3.05, 3.63) is 41.0 Å². The zero-order valence-electron chi connectivity index (χ0n) is 17.5. The van der Waals surface area contributed by atoms with Gasteiger partial charge in [-0.1, -0.05) is 19.1 Å². The molecule has 3 aromatic rings. The van der Waals surface area contributed by atoms with Gasteiger partial charge in [0.1, 0.15) is 11.9 Å². The number of para-hydroxylation sites is 2. The summed E-state index contributed by atoms with van der Waals surface area (Å²) in [6.07, 6.45) is 6.56. The fourth-order valence-corrected chi connectivity index (χ4v) is 5.67. The molecule has 0 spiro atoms. The molecule has 5 rings (SSSR count). The maximum atomic E-state index is 9.90. The lowest BCUT2D eigenvalue weighted by atomic mass is 10.0. The van der Waals surface area contributed by atoms with Gasteiger partial charge in [-0.2, -0.15) is 5.26 Å². The number of hydrogen-bond acceptors (Lipinski definition) is 3. The number of anilines is 1. The Morgan fingerprint density at radius 2 is 1.90 bits per heavy atom. The van der Waals surface area contributed by atoms with Crippen molar-refractivity contribution < 1.29 is 4.90 Å². The number of hydrogen-bond donors (Lipinski definition) is 1. The molecule has 2 aliphatic rings. The maximum absolute atomic E-state index is 9.90. The molecule has 5 heteroatoms. The molecule has 1 saturated carbocycles. The molecule has 0 radical (unpaired) electrons. The Hall–Kier alpha value is -2.58. The third-order valence-corrected chi connectivity index (χ3v) is 7.20. The van der Waals surface area contributed by atoms with Gasteiger partial charge in [-0.15, -0.1) is 0 Å². The standard InChI is InChI=1S/C24H29N5/c1-3-19-17(2)20(16-25)23-26-21-10-6-7-11-22(21)29(23)24(19)28-14-12-27(13-15-28)18-8-4-5-9-18/h6-7,10-11,18H,3-5,8-9,12-15H2,1-2H3/p+1. The van der Waals surface area contributed by atoms with E-state index in [9.17, 15) is 5.26 Å². The Balaban J connectivity index is 1.64. The topological polar surface area (TPSA) is 48.8 Å². The molecule has 1 aliphatic carbocycles. The zero-order chi connectivity index (χ0) is 20.0. The minimum Gasteiger partial charge on any atom is -0.346 e. The number of benzene rings is 1. The maximum Gasteiger partial charge on any atom is 0.157 e. The van der Waals surface area contributed by atoms with Crippen molar-refractivity contribution in [1.29, 1.82) is 5.26 Å². The van der Waals surface area contributed by atoms with Crippen LogP contribution in [0.25, 0.3) is 16.7 Å². The van der Waals surface area contributed by atoms with Crippen molar-refractivity contribution in [2.45, 2.75) is 52.0 Å². The van der Waals surface area contributed by atoms with Crippen LogP contribution in [0.5, 0.6) is 0 Å². The molecule has 1 N–H and O–H groups in total. The lowest BCUT2D eigenvalue weighted by Gasteiger charge is -2.38. The molecule has 150 valence electrons. The SMILES string of the molecule is CCc1c(C)c(C#N)c2nc3ccccc3n2c1N1CC[NH+](C2CCCC2)CC1. The summed E-state index contributed by atoms with van der Waals surface area (Å²) in [7, 11) is 0. The van der Waals surface area contributed by atoms with Crippen molar-refractivity contribution >= 4 is 22.5 Å². The van der Waals surface area contributed by atoms with Crippen LogP contribution < -0.4 is 9.80 Å². The van der Waals surface area contributed by atoms with Crippen molar-refractivity contribution in [3.8, 4) is 6.07 Å². The van der Waals surface area contributed by atoms with Gasteiger partial charge in [0.25, 0.3) is 0 Å². The van der Waals surface area contributed by atoms with Gasteiger partial charge >= 0.3 is 0 Å². The van der Waals surface area contributed by atoms with E-state index in [4.69, 9.17) is 4.98 Å². The number of aromatic nitrogens is 2. The molecular formula is C24H30N5+. The summed E-state index contributed by atoms with van der Waals surface area (Å²) in [6, 6.07) is 11.6. The first-order valence-corrected chi connectivity index (χ1v) is 11.1. The first kappa shape index (κ1) is 18.4. The number of nitriles is 1. The van der Waals surface area contributed by atoms with Gasteiger partial charge in [0.2, 0.25) is 0 Å². The highest BCUT2D eigenvalue weighted by Crippen LogP contribution is 2.33. The molecule has 0 unspecified atom stereocenters. The summed E-state index contributed by atoms with van der Waals surface area (Å²) in [6.45, 7) is 8.87. The van der Waals surface area contributed by atoms with Gasteiger partial charge < -0.3 is 9.80 Å². The van der Waals surface area contributed by atoms with E-state index in [0.717, 1.165) is 53.4 Å². The predicted octanol–water partition coefficient (Wildman–Crippen LogP) is 2.88. The largest absolute Gasteiger partial charge is 0.346 e. The molecule has 3 heterocycles. The summed E-state index contributed by atoms with van der Waals surface area (Å²) >= 11 is 0. The number of rotatable bonds is 3. The second-order valence-corrected chi connectivity index (χ2v) is 8.65. The summed E-state index contributed by atoms with van der Waals surface area (Å²) in [4.78, 5) is 9.23. The summed E-state index contributed by atoms with van der Waals surface area (Å²) in [5.74, 6) is 1.26. The van der Waals surface area contributed by atoms with Crippen molar-refractivity contribution in [2.75, 3.05) is 31.1 Å². The first-order valence-electron chi connectivity index (χ1n) is 11.1. The van der Waals surface area contributed by atoms with Gasteiger partial charge in [-0.3, -0.25) is 4.40 Å². The van der Waals surface area contributed by atoms with Gasteiger partial charge in [0.15, 0.2) is 5.65 Å².